The van der Waals surface area contributed by atoms with Crippen molar-refractivity contribution in [2.24, 2.45) is 7.05 Å². The van der Waals surface area contributed by atoms with E-state index >= 15 is 0 Å². The maximum atomic E-state index is 13.7. The number of amides is 2. The monoisotopic (exact) mass is 592 g/mol. The number of morpholine rings is 1. The van der Waals surface area contributed by atoms with Crippen LogP contribution in [0.4, 0.5) is 22.4 Å². The summed E-state index contributed by atoms with van der Waals surface area (Å²) in [7, 11) is 1.88. The topological polar surface area (TPSA) is 137 Å². The summed E-state index contributed by atoms with van der Waals surface area (Å²) in [5.74, 6) is 1.77. The van der Waals surface area contributed by atoms with Crippen LogP contribution in [0.1, 0.15) is 36.8 Å². The number of rotatable bonds is 8. The third kappa shape index (κ3) is 6.79. The second kappa shape index (κ2) is 13.5. The van der Waals surface area contributed by atoms with Crippen molar-refractivity contribution < 1.29 is 9.53 Å². The van der Waals surface area contributed by atoms with E-state index in [9.17, 15) is 10.1 Å². The lowest BCUT2D eigenvalue weighted by Gasteiger charge is -2.36. The zero-order valence-electron chi connectivity index (χ0n) is 24.8. The number of carbonyl (C=O) groups excluding carboxylic acids is 1. The van der Waals surface area contributed by atoms with Gasteiger partial charge in [0.25, 0.3) is 0 Å². The number of aryl methyl sites for hydroxylation is 1. The standard InChI is InChI=1S/C32H36N10O2/c1-40-22-26(21-37-40)24-7-12-29(34-19-24)42(32(43)36-18-23-5-3-2-4-6-23)28-10-8-27(9-11-28)38-31-35-20-25(17-33)30(39-31)41-13-15-44-16-14-41/h2-7,12,19-22,27-28H,8-11,13-16,18H2,1H3,(H,36,43)(H,35,38,39)/t27-,28-. The van der Waals surface area contributed by atoms with Gasteiger partial charge in [0.1, 0.15) is 17.5 Å². The summed E-state index contributed by atoms with van der Waals surface area (Å²) in [6, 6.07) is 16.0. The van der Waals surface area contributed by atoms with E-state index in [2.05, 4.69) is 31.7 Å². The minimum atomic E-state index is -0.169. The fourth-order valence-electron chi connectivity index (χ4n) is 5.78. The molecule has 0 radical (unpaired) electrons. The van der Waals surface area contributed by atoms with E-state index in [4.69, 9.17) is 14.7 Å². The first kappa shape index (κ1) is 29.1. The normalized spacial score (nSPS) is 18.3. The fraction of sp³-hybridized carbons (Fsp3) is 0.375. The average Bonchev–Trinajstić information content (AvgIpc) is 3.52. The molecule has 12 heteroatoms. The molecular formula is C32H36N10O2. The molecule has 44 heavy (non-hydrogen) atoms. The number of urea groups is 1. The van der Waals surface area contributed by atoms with Crippen LogP contribution < -0.4 is 20.4 Å². The van der Waals surface area contributed by atoms with Gasteiger partial charge in [-0.1, -0.05) is 30.3 Å². The summed E-state index contributed by atoms with van der Waals surface area (Å²) in [6.45, 7) is 3.03. The maximum absolute atomic E-state index is 13.7. The van der Waals surface area contributed by atoms with Crippen molar-refractivity contribution in [1.82, 2.24) is 30.0 Å². The van der Waals surface area contributed by atoms with Crippen molar-refractivity contribution in [3.63, 3.8) is 0 Å². The van der Waals surface area contributed by atoms with E-state index in [1.807, 2.05) is 55.7 Å². The Morgan fingerprint density at radius 1 is 1.02 bits per heavy atom. The molecule has 2 fully saturated rings. The molecule has 12 nitrogen and oxygen atoms in total. The van der Waals surface area contributed by atoms with Gasteiger partial charge in [0.15, 0.2) is 5.82 Å². The molecule has 4 heterocycles. The molecule has 3 aromatic heterocycles. The number of carbonyl (C=O) groups is 1. The third-order valence-corrected chi connectivity index (χ3v) is 8.13. The molecule has 226 valence electrons. The van der Waals surface area contributed by atoms with Gasteiger partial charge in [-0.15, -0.1) is 0 Å². The van der Waals surface area contributed by atoms with Crippen molar-refractivity contribution >= 4 is 23.6 Å². The predicted octanol–water partition coefficient (Wildman–Crippen LogP) is 4.12. The highest BCUT2D eigenvalue weighted by Crippen LogP contribution is 2.30. The van der Waals surface area contributed by atoms with Crippen molar-refractivity contribution in [3.05, 3.63) is 78.4 Å². The first-order chi connectivity index (χ1) is 21.6. The number of anilines is 3. The molecule has 0 bridgehead atoms. The minimum absolute atomic E-state index is 0.0219. The van der Waals surface area contributed by atoms with Crippen LogP contribution in [0.15, 0.2) is 67.3 Å². The molecule has 0 atom stereocenters. The Morgan fingerprint density at radius 2 is 1.82 bits per heavy atom. The zero-order valence-corrected chi connectivity index (χ0v) is 24.8. The number of nitrogens with one attached hydrogen (secondary N) is 2. The lowest BCUT2D eigenvalue weighted by molar-refractivity contribution is 0.122. The minimum Gasteiger partial charge on any atom is -0.378 e. The van der Waals surface area contributed by atoms with Gasteiger partial charge in [0, 0.05) is 62.3 Å². The molecule has 0 unspecified atom stereocenters. The molecule has 1 saturated heterocycles. The summed E-state index contributed by atoms with van der Waals surface area (Å²) >= 11 is 0. The van der Waals surface area contributed by atoms with E-state index < -0.39 is 0 Å². The molecule has 1 saturated carbocycles. The molecule has 0 spiro atoms. The Balaban J connectivity index is 1.15. The van der Waals surface area contributed by atoms with Gasteiger partial charge >= 0.3 is 6.03 Å². The van der Waals surface area contributed by atoms with E-state index in [0.29, 0.717) is 56.0 Å². The second-order valence-electron chi connectivity index (χ2n) is 11.1. The quantitative estimate of drug-likeness (QED) is 0.310. The number of pyridine rings is 1. The van der Waals surface area contributed by atoms with Crippen molar-refractivity contribution in [3.8, 4) is 17.2 Å². The summed E-state index contributed by atoms with van der Waals surface area (Å²) in [6.07, 6.45) is 10.4. The van der Waals surface area contributed by atoms with E-state index in [-0.39, 0.29) is 18.1 Å². The van der Waals surface area contributed by atoms with Crippen LogP contribution in [-0.4, -0.2) is 69.2 Å². The lowest BCUT2D eigenvalue weighted by atomic mass is 9.90. The number of nitrogens with zero attached hydrogens (tertiary/aromatic N) is 8. The van der Waals surface area contributed by atoms with Crippen molar-refractivity contribution in [1.29, 1.82) is 5.26 Å². The van der Waals surface area contributed by atoms with Crippen LogP contribution in [0.3, 0.4) is 0 Å². The summed E-state index contributed by atoms with van der Waals surface area (Å²) in [5, 5.41) is 20.4. The van der Waals surface area contributed by atoms with Gasteiger partial charge in [0.2, 0.25) is 5.95 Å². The lowest BCUT2D eigenvalue weighted by Crippen LogP contribution is -2.49. The Morgan fingerprint density at radius 3 is 2.50 bits per heavy atom. The van der Waals surface area contributed by atoms with Gasteiger partial charge in [-0.05, 0) is 43.4 Å². The van der Waals surface area contributed by atoms with Crippen LogP contribution >= 0.6 is 0 Å². The highest BCUT2D eigenvalue weighted by Gasteiger charge is 2.31. The number of hydrogen-bond donors (Lipinski definition) is 2. The number of ether oxygens (including phenoxy) is 1. The first-order valence-corrected chi connectivity index (χ1v) is 15.0. The largest absolute Gasteiger partial charge is 0.378 e. The number of benzene rings is 1. The van der Waals surface area contributed by atoms with Crippen LogP contribution in [0.2, 0.25) is 0 Å². The maximum Gasteiger partial charge on any atom is 0.323 e. The molecule has 2 aliphatic rings. The Bertz CT molecular complexity index is 1590. The van der Waals surface area contributed by atoms with E-state index in [1.54, 1.807) is 28.2 Å². The molecule has 6 rings (SSSR count). The smallest absolute Gasteiger partial charge is 0.323 e. The van der Waals surface area contributed by atoms with Crippen LogP contribution in [0, 0.1) is 11.3 Å². The highest BCUT2D eigenvalue weighted by molar-refractivity contribution is 5.91. The van der Waals surface area contributed by atoms with Gasteiger partial charge < -0.3 is 20.3 Å². The molecular weight excluding hydrogens is 556 g/mol. The summed E-state index contributed by atoms with van der Waals surface area (Å²) in [5.41, 5.74) is 3.41. The number of aromatic nitrogens is 5. The number of nitriles is 1. The van der Waals surface area contributed by atoms with Gasteiger partial charge in [-0.25, -0.2) is 14.8 Å². The highest BCUT2D eigenvalue weighted by atomic mass is 16.5. The van der Waals surface area contributed by atoms with E-state index in [0.717, 1.165) is 42.4 Å². The number of hydrogen-bond acceptors (Lipinski definition) is 9. The predicted molar refractivity (Wildman–Crippen MR) is 167 cm³/mol. The van der Waals surface area contributed by atoms with Gasteiger partial charge in [0.05, 0.1) is 25.6 Å². The Hall–Kier alpha value is -5.02. The molecule has 1 aliphatic heterocycles. The van der Waals surface area contributed by atoms with Crippen LogP contribution in [0.25, 0.3) is 11.1 Å². The van der Waals surface area contributed by atoms with Gasteiger partial charge in [-0.2, -0.15) is 15.3 Å². The molecule has 1 aliphatic carbocycles. The Labute approximate surface area is 256 Å². The van der Waals surface area contributed by atoms with Crippen molar-refractivity contribution in [2.75, 3.05) is 41.4 Å². The molecule has 4 aromatic rings. The van der Waals surface area contributed by atoms with Gasteiger partial charge in [-0.3, -0.25) is 9.58 Å². The average molecular weight is 593 g/mol. The van der Waals surface area contributed by atoms with Crippen LogP contribution in [-0.2, 0) is 18.3 Å². The van der Waals surface area contributed by atoms with Crippen molar-refractivity contribution in [2.45, 2.75) is 44.3 Å². The van der Waals surface area contributed by atoms with E-state index in [1.165, 1.54) is 0 Å². The van der Waals surface area contributed by atoms with Crippen LogP contribution in [0.5, 0.6) is 0 Å². The second-order valence-corrected chi connectivity index (χ2v) is 11.1. The summed E-state index contributed by atoms with van der Waals surface area (Å²) < 4.78 is 7.22. The molecule has 1 aromatic carbocycles. The molecule has 2 amide bonds. The fourth-order valence-corrected chi connectivity index (χ4v) is 5.78. The zero-order chi connectivity index (χ0) is 30.3. The summed E-state index contributed by atoms with van der Waals surface area (Å²) in [4.78, 5) is 31.4. The first-order valence-electron chi connectivity index (χ1n) is 15.0. The Kier molecular flexibility index (Phi) is 8.93. The SMILES string of the molecule is Cn1cc(-c2ccc(N(C(=O)NCc3ccccc3)[C@H]3CC[C@H](Nc4ncc(C#N)c(N5CCOCC5)n4)CC3)nc2)cn1. The molecule has 2 N–H and O–H groups in total. The third-order valence-electron chi connectivity index (χ3n) is 8.13.